The van der Waals surface area contributed by atoms with Gasteiger partial charge in [-0.3, -0.25) is 4.79 Å². The number of benzene rings is 1. The Bertz CT molecular complexity index is 796. The summed E-state index contributed by atoms with van der Waals surface area (Å²) in [6, 6.07) is 4.16. The molecule has 1 aromatic carbocycles. The van der Waals surface area contributed by atoms with Crippen molar-refractivity contribution in [1.82, 2.24) is 14.9 Å². The number of carbonyl (C=O) groups excluding carboxylic acids is 1. The number of nitrogens with zero attached hydrogens (tertiary/aromatic N) is 4. The number of aromatic nitrogens is 2. The molecule has 1 fully saturated rings. The van der Waals surface area contributed by atoms with Crippen molar-refractivity contribution in [2.24, 2.45) is 0 Å². The molecule has 3 rings (SSSR count). The molecule has 1 saturated heterocycles. The van der Waals surface area contributed by atoms with Crippen LogP contribution in [0.15, 0.2) is 37.2 Å². The number of rotatable bonds is 3. The number of hydrogen-bond acceptors (Lipinski definition) is 5. The van der Waals surface area contributed by atoms with Crippen molar-refractivity contribution >= 4 is 11.7 Å². The quantitative estimate of drug-likeness (QED) is 0.866. The molecule has 25 heavy (non-hydrogen) atoms. The summed E-state index contributed by atoms with van der Waals surface area (Å²) in [5.74, 6) is -0.0994. The minimum atomic E-state index is -0.533. The fraction of sp³-hybridized carbons (Fsp3) is 0.278. The smallest absolute Gasteiger partial charge is 0.246 e. The van der Waals surface area contributed by atoms with Crippen LogP contribution in [-0.2, 0) is 4.79 Å². The van der Waals surface area contributed by atoms with Crippen LogP contribution in [-0.4, -0.2) is 52.1 Å². The Morgan fingerprint density at radius 3 is 2.64 bits per heavy atom. The number of phenolic OH excluding ortho intramolecular Hbond substituents is 1. The van der Waals surface area contributed by atoms with Gasteiger partial charge in [0, 0.05) is 31.7 Å². The second-order valence-corrected chi connectivity index (χ2v) is 5.82. The highest BCUT2D eigenvalue weighted by Gasteiger charge is 2.24. The standard InChI is InChI=1S/C18H19FN4O2/c1-3-15(25)22-7-9-23(10-8-22)18-12(2)17(20-11-21-18)16-13(19)5-4-6-14(16)24/h3-6,11,24H,1,7-10H2,2H3. The second kappa shape index (κ2) is 6.88. The van der Waals surface area contributed by atoms with Crippen molar-refractivity contribution in [3.8, 4) is 17.0 Å². The highest BCUT2D eigenvalue weighted by Crippen LogP contribution is 2.34. The summed E-state index contributed by atoms with van der Waals surface area (Å²) in [4.78, 5) is 23.9. The third kappa shape index (κ3) is 3.17. The van der Waals surface area contributed by atoms with Gasteiger partial charge in [-0.2, -0.15) is 0 Å². The van der Waals surface area contributed by atoms with Crippen LogP contribution in [0, 0.1) is 12.7 Å². The number of piperazine rings is 1. The lowest BCUT2D eigenvalue weighted by Gasteiger charge is -2.35. The van der Waals surface area contributed by atoms with E-state index < -0.39 is 5.82 Å². The zero-order valence-corrected chi connectivity index (χ0v) is 13.9. The number of aromatic hydroxyl groups is 1. The zero-order valence-electron chi connectivity index (χ0n) is 13.9. The van der Waals surface area contributed by atoms with Crippen molar-refractivity contribution in [2.45, 2.75) is 6.92 Å². The van der Waals surface area contributed by atoms with Gasteiger partial charge in [0.1, 0.15) is 23.7 Å². The maximum atomic E-state index is 14.2. The monoisotopic (exact) mass is 342 g/mol. The minimum Gasteiger partial charge on any atom is -0.507 e. The van der Waals surface area contributed by atoms with E-state index >= 15 is 0 Å². The van der Waals surface area contributed by atoms with Gasteiger partial charge >= 0.3 is 0 Å². The number of amides is 1. The molecule has 7 heteroatoms. The third-order valence-corrected chi connectivity index (χ3v) is 4.35. The van der Waals surface area contributed by atoms with Gasteiger partial charge in [0.25, 0.3) is 0 Å². The molecule has 1 aliphatic rings. The first-order valence-corrected chi connectivity index (χ1v) is 7.98. The van der Waals surface area contributed by atoms with Crippen LogP contribution < -0.4 is 4.90 Å². The van der Waals surface area contributed by atoms with Crippen LogP contribution in [0.1, 0.15) is 5.56 Å². The summed E-state index contributed by atoms with van der Waals surface area (Å²) in [5.41, 5.74) is 1.13. The number of anilines is 1. The van der Waals surface area contributed by atoms with Gasteiger partial charge in [0.15, 0.2) is 0 Å². The van der Waals surface area contributed by atoms with E-state index in [1.807, 2.05) is 4.90 Å². The van der Waals surface area contributed by atoms with E-state index in [1.165, 1.54) is 30.6 Å². The highest BCUT2D eigenvalue weighted by atomic mass is 19.1. The molecule has 1 amide bonds. The Morgan fingerprint density at radius 2 is 2.00 bits per heavy atom. The summed E-state index contributed by atoms with van der Waals surface area (Å²) < 4.78 is 14.2. The number of carbonyl (C=O) groups is 1. The molecule has 0 saturated carbocycles. The Hall–Kier alpha value is -2.96. The van der Waals surface area contributed by atoms with Gasteiger partial charge in [0.2, 0.25) is 5.91 Å². The average Bonchev–Trinajstić information content (AvgIpc) is 2.62. The Labute approximate surface area is 145 Å². The van der Waals surface area contributed by atoms with Crippen LogP contribution in [0.2, 0.25) is 0 Å². The van der Waals surface area contributed by atoms with Gasteiger partial charge in [0.05, 0.1) is 11.3 Å². The van der Waals surface area contributed by atoms with Gasteiger partial charge in [-0.05, 0) is 25.1 Å². The molecular weight excluding hydrogens is 323 g/mol. The number of hydrogen-bond donors (Lipinski definition) is 1. The lowest BCUT2D eigenvalue weighted by Crippen LogP contribution is -2.48. The van der Waals surface area contributed by atoms with Gasteiger partial charge in [-0.15, -0.1) is 0 Å². The Balaban J connectivity index is 1.90. The van der Waals surface area contributed by atoms with Crippen molar-refractivity contribution in [1.29, 1.82) is 0 Å². The summed E-state index contributed by atoms with van der Waals surface area (Å²) in [5, 5.41) is 10.0. The molecule has 1 aromatic heterocycles. The van der Waals surface area contributed by atoms with E-state index in [1.54, 1.807) is 11.8 Å². The molecule has 0 bridgehead atoms. The molecular formula is C18H19FN4O2. The third-order valence-electron chi connectivity index (χ3n) is 4.35. The van der Waals surface area contributed by atoms with E-state index in [-0.39, 0.29) is 17.2 Å². The highest BCUT2D eigenvalue weighted by molar-refractivity contribution is 5.87. The van der Waals surface area contributed by atoms with Crippen molar-refractivity contribution in [3.63, 3.8) is 0 Å². The van der Waals surface area contributed by atoms with Crippen LogP contribution >= 0.6 is 0 Å². The molecule has 2 heterocycles. The Morgan fingerprint density at radius 1 is 1.28 bits per heavy atom. The SMILES string of the molecule is C=CC(=O)N1CCN(c2ncnc(-c3c(O)cccc3F)c2C)CC1. The molecule has 0 spiro atoms. The van der Waals surface area contributed by atoms with Gasteiger partial charge in [-0.25, -0.2) is 14.4 Å². The first-order chi connectivity index (χ1) is 12.0. The lowest BCUT2D eigenvalue weighted by molar-refractivity contribution is -0.126. The van der Waals surface area contributed by atoms with E-state index in [0.29, 0.717) is 43.3 Å². The molecule has 0 unspecified atom stereocenters. The minimum absolute atomic E-state index is 0.0733. The molecule has 0 atom stereocenters. The van der Waals surface area contributed by atoms with Crippen molar-refractivity contribution < 1.29 is 14.3 Å². The summed E-state index contributed by atoms with van der Waals surface area (Å²) in [6.45, 7) is 7.66. The number of halogens is 1. The first kappa shape index (κ1) is 16.9. The van der Waals surface area contributed by atoms with Crippen molar-refractivity contribution in [2.75, 3.05) is 31.1 Å². The van der Waals surface area contributed by atoms with Gasteiger partial charge in [-0.1, -0.05) is 12.6 Å². The maximum Gasteiger partial charge on any atom is 0.246 e. The second-order valence-electron chi connectivity index (χ2n) is 5.82. The fourth-order valence-corrected chi connectivity index (χ4v) is 3.03. The molecule has 0 aliphatic carbocycles. The predicted octanol–water partition coefficient (Wildman–Crippen LogP) is 2.13. The lowest BCUT2D eigenvalue weighted by atomic mass is 10.0. The van der Waals surface area contributed by atoms with Crippen molar-refractivity contribution in [3.05, 3.63) is 48.6 Å². The molecule has 2 aromatic rings. The normalized spacial score (nSPS) is 14.5. The molecule has 0 radical (unpaired) electrons. The fourth-order valence-electron chi connectivity index (χ4n) is 3.03. The first-order valence-electron chi connectivity index (χ1n) is 7.98. The summed E-state index contributed by atoms with van der Waals surface area (Å²) in [7, 11) is 0. The largest absolute Gasteiger partial charge is 0.507 e. The maximum absolute atomic E-state index is 14.2. The molecule has 1 N–H and O–H groups in total. The van der Waals surface area contributed by atoms with Crippen LogP contribution in [0.5, 0.6) is 5.75 Å². The van der Waals surface area contributed by atoms with Crippen LogP contribution in [0.3, 0.4) is 0 Å². The average molecular weight is 342 g/mol. The summed E-state index contributed by atoms with van der Waals surface area (Å²) in [6.07, 6.45) is 2.68. The van der Waals surface area contributed by atoms with Crippen LogP contribution in [0.25, 0.3) is 11.3 Å². The summed E-state index contributed by atoms with van der Waals surface area (Å²) >= 11 is 0. The van der Waals surface area contributed by atoms with Crippen LogP contribution in [0.4, 0.5) is 10.2 Å². The molecule has 1 aliphatic heterocycles. The number of phenols is 1. The van der Waals surface area contributed by atoms with E-state index in [4.69, 9.17) is 0 Å². The van der Waals surface area contributed by atoms with E-state index in [2.05, 4.69) is 16.5 Å². The Kier molecular flexibility index (Phi) is 4.65. The molecule has 6 nitrogen and oxygen atoms in total. The van der Waals surface area contributed by atoms with E-state index in [9.17, 15) is 14.3 Å². The predicted molar refractivity (Wildman–Crippen MR) is 92.8 cm³/mol. The van der Waals surface area contributed by atoms with E-state index in [0.717, 1.165) is 0 Å². The molecule has 130 valence electrons. The van der Waals surface area contributed by atoms with Gasteiger partial charge < -0.3 is 14.9 Å². The topological polar surface area (TPSA) is 69.6 Å². The zero-order chi connectivity index (χ0) is 18.0.